The van der Waals surface area contributed by atoms with Gasteiger partial charge in [-0.2, -0.15) is 5.10 Å². The summed E-state index contributed by atoms with van der Waals surface area (Å²) in [5.74, 6) is 1.63. The van der Waals surface area contributed by atoms with Crippen LogP contribution in [0.5, 0.6) is 5.75 Å². The van der Waals surface area contributed by atoms with E-state index in [4.69, 9.17) is 9.47 Å². The fourth-order valence-corrected chi connectivity index (χ4v) is 2.56. The summed E-state index contributed by atoms with van der Waals surface area (Å²) < 4.78 is 12.6. The first-order valence-electron chi connectivity index (χ1n) is 10.1. The minimum atomic E-state index is 0.519. The van der Waals surface area contributed by atoms with Gasteiger partial charge in [0.1, 0.15) is 5.75 Å². The number of ether oxygens (including phenoxy) is 2. The van der Waals surface area contributed by atoms with E-state index in [1.54, 1.807) is 7.11 Å². The molecule has 0 aliphatic rings. The topological polar surface area (TPSA) is 72.7 Å². The number of aliphatic imine (C=N–C) groups is 1. The van der Waals surface area contributed by atoms with Gasteiger partial charge in [0.2, 0.25) is 0 Å². The fraction of sp³-hybridized carbons (Fsp3) is 0.524. The van der Waals surface area contributed by atoms with Crippen molar-refractivity contribution in [3.05, 3.63) is 42.2 Å². The molecule has 2 rings (SSSR count). The maximum atomic E-state index is 5.58. The Morgan fingerprint density at radius 2 is 1.86 bits per heavy atom. The lowest BCUT2D eigenvalue weighted by atomic mass is 10.3. The number of methoxy groups -OCH3 is 1. The molecule has 0 saturated heterocycles. The predicted molar refractivity (Wildman–Crippen MR) is 113 cm³/mol. The van der Waals surface area contributed by atoms with E-state index in [1.165, 1.54) is 6.42 Å². The molecule has 0 bridgehead atoms. The van der Waals surface area contributed by atoms with Crippen LogP contribution in [0.25, 0.3) is 5.69 Å². The molecule has 7 nitrogen and oxygen atoms in total. The zero-order valence-corrected chi connectivity index (χ0v) is 17.3. The van der Waals surface area contributed by atoms with Gasteiger partial charge in [0, 0.05) is 32.5 Å². The van der Waals surface area contributed by atoms with Crippen molar-refractivity contribution in [2.24, 2.45) is 4.99 Å². The lowest BCUT2D eigenvalue weighted by Gasteiger charge is -2.11. The Morgan fingerprint density at radius 3 is 2.57 bits per heavy atom. The molecule has 0 aliphatic heterocycles. The van der Waals surface area contributed by atoms with Gasteiger partial charge in [-0.05, 0) is 50.1 Å². The van der Waals surface area contributed by atoms with E-state index in [-0.39, 0.29) is 0 Å². The summed E-state index contributed by atoms with van der Waals surface area (Å²) in [7, 11) is 1.66. The molecule has 0 fully saturated rings. The van der Waals surface area contributed by atoms with E-state index in [0.29, 0.717) is 6.54 Å². The second-order valence-electron chi connectivity index (χ2n) is 6.39. The van der Waals surface area contributed by atoms with E-state index in [0.717, 1.165) is 62.2 Å². The molecule has 0 amide bonds. The van der Waals surface area contributed by atoms with Gasteiger partial charge in [0.05, 0.1) is 25.0 Å². The van der Waals surface area contributed by atoms with Gasteiger partial charge in [-0.1, -0.05) is 13.3 Å². The lowest BCUT2D eigenvalue weighted by molar-refractivity contribution is 0.129. The third-order valence-corrected chi connectivity index (χ3v) is 4.12. The van der Waals surface area contributed by atoms with E-state index < -0.39 is 0 Å². The second-order valence-corrected chi connectivity index (χ2v) is 6.39. The second kappa shape index (κ2) is 12.8. The fourth-order valence-electron chi connectivity index (χ4n) is 2.56. The maximum absolute atomic E-state index is 5.58. The average Bonchev–Trinajstić information content (AvgIpc) is 3.20. The number of nitrogens with one attached hydrogen (secondary N) is 2. The van der Waals surface area contributed by atoms with Crippen molar-refractivity contribution in [3.63, 3.8) is 0 Å². The van der Waals surface area contributed by atoms with E-state index >= 15 is 0 Å². The van der Waals surface area contributed by atoms with Crippen molar-refractivity contribution < 1.29 is 9.47 Å². The summed E-state index contributed by atoms with van der Waals surface area (Å²) in [6.45, 7) is 8.02. The van der Waals surface area contributed by atoms with Gasteiger partial charge >= 0.3 is 0 Å². The molecule has 0 aliphatic carbocycles. The van der Waals surface area contributed by atoms with Crippen molar-refractivity contribution in [1.82, 2.24) is 20.4 Å². The molecule has 0 radical (unpaired) electrons. The van der Waals surface area contributed by atoms with Crippen LogP contribution in [0, 0.1) is 0 Å². The molecular formula is C21H33N5O2. The van der Waals surface area contributed by atoms with Crippen molar-refractivity contribution in [1.29, 1.82) is 0 Å². The van der Waals surface area contributed by atoms with Gasteiger partial charge in [0.25, 0.3) is 0 Å². The molecule has 28 heavy (non-hydrogen) atoms. The third-order valence-electron chi connectivity index (χ3n) is 4.12. The van der Waals surface area contributed by atoms with Gasteiger partial charge in [-0.3, -0.25) is 0 Å². The zero-order valence-electron chi connectivity index (χ0n) is 17.3. The molecule has 0 spiro atoms. The molecule has 0 saturated carbocycles. The smallest absolute Gasteiger partial charge is 0.191 e. The summed E-state index contributed by atoms with van der Waals surface area (Å²) in [6.07, 6.45) is 5.20. The van der Waals surface area contributed by atoms with Crippen molar-refractivity contribution in [3.8, 4) is 11.4 Å². The Labute approximate surface area is 168 Å². The number of aromatic nitrogens is 2. The highest BCUT2D eigenvalue weighted by Gasteiger charge is 2.03. The van der Waals surface area contributed by atoms with Crippen molar-refractivity contribution in [2.75, 3.05) is 33.4 Å². The van der Waals surface area contributed by atoms with Gasteiger partial charge in [-0.15, -0.1) is 0 Å². The normalized spacial score (nSPS) is 11.5. The summed E-state index contributed by atoms with van der Waals surface area (Å²) in [5, 5.41) is 11.2. The zero-order chi connectivity index (χ0) is 20.0. The highest BCUT2D eigenvalue weighted by Crippen LogP contribution is 2.14. The Balaban J connectivity index is 1.82. The molecular weight excluding hydrogens is 354 g/mol. The van der Waals surface area contributed by atoms with E-state index in [1.807, 2.05) is 41.2 Å². The molecule has 2 aromatic rings. The van der Waals surface area contributed by atoms with E-state index in [9.17, 15) is 0 Å². The lowest BCUT2D eigenvalue weighted by Crippen LogP contribution is -2.38. The monoisotopic (exact) mass is 387 g/mol. The highest BCUT2D eigenvalue weighted by molar-refractivity contribution is 5.79. The number of rotatable bonds is 12. The SMILES string of the molecule is CCCCOCCCNC(=NCc1ccn(-c2ccc(OC)cc2)n1)NCC. The van der Waals surface area contributed by atoms with Crippen LogP contribution in [-0.4, -0.2) is 49.2 Å². The van der Waals surface area contributed by atoms with Crippen LogP contribution in [0.3, 0.4) is 0 Å². The number of benzene rings is 1. The van der Waals surface area contributed by atoms with Gasteiger partial charge in [-0.25, -0.2) is 9.67 Å². The quantitative estimate of drug-likeness (QED) is 0.333. The largest absolute Gasteiger partial charge is 0.497 e. The Morgan fingerprint density at radius 1 is 1.07 bits per heavy atom. The predicted octanol–water partition coefficient (Wildman–Crippen LogP) is 3.14. The molecule has 7 heteroatoms. The minimum absolute atomic E-state index is 0.519. The summed E-state index contributed by atoms with van der Waals surface area (Å²) in [5.41, 5.74) is 1.90. The van der Waals surface area contributed by atoms with Crippen LogP contribution in [0.4, 0.5) is 0 Å². The first-order valence-corrected chi connectivity index (χ1v) is 10.1. The molecule has 0 atom stereocenters. The Hall–Kier alpha value is -2.54. The number of guanidine groups is 1. The molecule has 1 heterocycles. The van der Waals surface area contributed by atoms with Gasteiger partial charge < -0.3 is 20.1 Å². The molecule has 0 unspecified atom stereocenters. The summed E-state index contributed by atoms with van der Waals surface area (Å²) >= 11 is 0. The first-order chi connectivity index (χ1) is 13.8. The van der Waals surface area contributed by atoms with Crippen LogP contribution in [0.15, 0.2) is 41.5 Å². The number of hydrogen-bond donors (Lipinski definition) is 2. The van der Waals surface area contributed by atoms with Crippen molar-refractivity contribution >= 4 is 5.96 Å². The van der Waals surface area contributed by atoms with Crippen LogP contribution < -0.4 is 15.4 Å². The third kappa shape index (κ3) is 7.60. The Kier molecular flexibility index (Phi) is 9.93. The average molecular weight is 388 g/mol. The number of unbranched alkanes of at least 4 members (excludes halogenated alkanes) is 1. The molecule has 1 aromatic carbocycles. The van der Waals surface area contributed by atoms with Crippen LogP contribution >= 0.6 is 0 Å². The van der Waals surface area contributed by atoms with Crippen molar-refractivity contribution in [2.45, 2.75) is 39.7 Å². The molecule has 1 aromatic heterocycles. The minimum Gasteiger partial charge on any atom is -0.497 e. The Bertz CT molecular complexity index is 697. The molecule has 2 N–H and O–H groups in total. The summed E-state index contributed by atoms with van der Waals surface area (Å²) in [4.78, 5) is 4.62. The first kappa shape index (κ1) is 21.8. The molecule has 154 valence electrons. The summed E-state index contributed by atoms with van der Waals surface area (Å²) in [6, 6.07) is 9.79. The highest BCUT2D eigenvalue weighted by atomic mass is 16.5. The number of nitrogens with zero attached hydrogens (tertiary/aromatic N) is 3. The van der Waals surface area contributed by atoms with Gasteiger partial charge in [0.15, 0.2) is 5.96 Å². The number of hydrogen-bond acceptors (Lipinski definition) is 4. The van der Waals surface area contributed by atoms with Crippen LogP contribution in [0.2, 0.25) is 0 Å². The van der Waals surface area contributed by atoms with Crippen LogP contribution in [-0.2, 0) is 11.3 Å². The maximum Gasteiger partial charge on any atom is 0.191 e. The van der Waals surface area contributed by atoms with E-state index in [2.05, 4.69) is 34.6 Å². The van der Waals surface area contributed by atoms with Crippen LogP contribution in [0.1, 0.15) is 38.8 Å². The standard InChI is InChI=1S/C21H33N5O2/c1-4-6-15-28-16-7-13-23-21(22-5-2)24-17-18-12-14-26(25-18)19-8-10-20(27-3)11-9-19/h8-12,14H,4-7,13,15-17H2,1-3H3,(H2,22,23,24).